The summed E-state index contributed by atoms with van der Waals surface area (Å²) < 4.78 is 0. The molecule has 1 rings (SSSR count). The summed E-state index contributed by atoms with van der Waals surface area (Å²) in [6.45, 7) is 1.66. The molecule has 0 aliphatic heterocycles. The summed E-state index contributed by atoms with van der Waals surface area (Å²) in [7, 11) is 0. The van der Waals surface area contributed by atoms with Crippen molar-refractivity contribution in [3.05, 3.63) is 28.8 Å². The van der Waals surface area contributed by atoms with E-state index in [1.807, 2.05) is 0 Å². The smallest absolute Gasteiger partial charge is 0.409 e. The Labute approximate surface area is 86.7 Å². The molecule has 1 amide bonds. The first-order valence-corrected chi connectivity index (χ1v) is 4.24. The summed E-state index contributed by atoms with van der Waals surface area (Å²) in [5, 5.41) is 11.2. The van der Waals surface area contributed by atoms with Gasteiger partial charge in [0.05, 0.1) is 16.3 Å². The van der Waals surface area contributed by atoms with Crippen LogP contribution in [0.25, 0.3) is 0 Å². The Hall–Kier alpha value is -1.66. The van der Waals surface area contributed by atoms with E-state index in [4.69, 9.17) is 16.7 Å². The molecule has 0 aliphatic carbocycles. The zero-order valence-corrected chi connectivity index (χ0v) is 8.22. The first-order chi connectivity index (χ1) is 6.65. The Balaban J connectivity index is 3.18. The van der Waals surface area contributed by atoms with Gasteiger partial charge >= 0.3 is 6.09 Å². The average Bonchev–Trinajstić information content (AvgIpc) is 2.10. The molecule has 1 aromatic carbocycles. The Morgan fingerprint density at radius 1 is 1.57 bits per heavy atom. The maximum Gasteiger partial charge on any atom is 0.409 e. The molecule has 0 saturated heterocycles. The lowest BCUT2D eigenvalue weighted by Gasteiger charge is -2.04. The number of halogens is 1. The zero-order valence-electron chi connectivity index (χ0n) is 7.47. The second-order valence-corrected chi connectivity index (χ2v) is 2.87. The molecule has 2 N–H and O–H groups in total. The number of nitrogens with one attached hydrogen (secondary N) is 1. The molecule has 0 unspecified atom stereocenters. The van der Waals surface area contributed by atoms with Gasteiger partial charge in [-0.2, -0.15) is 0 Å². The van der Waals surface area contributed by atoms with Crippen molar-refractivity contribution in [2.75, 3.05) is 5.32 Å². The van der Waals surface area contributed by atoms with Gasteiger partial charge in [0.1, 0.15) is 0 Å². The average molecular weight is 210 g/mol. The third kappa shape index (κ3) is 2.41. The quantitative estimate of drug-likeness (QED) is 0.699. The third-order valence-corrected chi connectivity index (χ3v) is 1.82. The number of amides is 1. The van der Waals surface area contributed by atoms with Gasteiger partial charge in [-0.1, -0.05) is 23.6 Å². The van der Waals surface area contributed by atoms with Gasteiger partial charge in [0.2, 0.25) is 0 Å². The van der Waals surface area contributed by atoms with E-state index in [9.17, 15) is 4.79 Å². The van der Waals surface area contributed by atoms with Crippen molar-refractivity contribution in [1.82, 2.24) is 0 Å². The van der Waals surface area contributed by atoms with E-state index < -0.39 is 6.09 Å². The van der Waals surface area contributed by atoms with Crippen molar-refractivity contribution < 1.29 is 9.90 Å². The molecule has 0 aromatic heterocycles. The number of anilines is 1. The highest BCUT2D eigenvalue weighted by Crippen LogP contribution is 2.23. The number of carbonyl (C=O) groups is 1. The van der Waals surface area contributed by atoms with Crippen LogP contribution in [0.4, 0.5) is 10.5 Å². The SMILES string of the molecule is CC#Cc1c(Cl)cccc1NC(=O)O. The molecule has 72 valence electrons. The summed E-state index contributed by atoms with van der Waals surface area (Å²) in [4.78, 5) is 10.4. The molecule has 1 aromatic rings. The fourth-order valence-corrected chi connectivity index (χ4v) is 1.22. The molecule has 3 nitrogen and oxygen atoms in total. The highest BCUT2D eigenvalue weighted by atomic mass is 35.5. The minimum atomic E-state index is -1.13. The van der Waals surface area contributed by atoms with E-state index >= 15 is 0 Å². The number of hydrogen-bond donors (Lipinski definition) is 2. The number of hydrogen-bond acceptors (Lipinski definition) is 1. The van der Waals surface area contributed by atoms with E-state index in [1.165, 1.54) is 0 Å². The van der Waals surface area contributed by atoms with Gasteiger partial charge in [0.25, 0.3) is 0 Å². The molecular weight excluding hydrogens is 202 g/mol. The van der Waals surface area contributed by atoms with Crippen molar-refractivity contribution >= 4 is 23.4 Å². The summed E-state index contributed by atoms with van der Waals surface area (Å²) in [5.41, 5.74) is 0.901. The lowest BCUT2D eigenvalue weighted by atomic mass is 10.2. The minimum Gasteiger partial charge on any atom is -0.465 e. The molecule has 0 heterocycles. The Morgan fingerprint density at radius 3 is 2.86 bits per heavy atom. The van der Waals surface area contributed by atoms with Crippen molar-refractivity contribution in [2.45, 2.75) is 6.92 Å². The fraction of sp³-hybridized carbons (Fsp3) is 0.100. The summed E-state index contributed by atoms with van der Waals surface area (Å²) in [6.07, 6.45) is -1.13. The van der Waals surface area contributed by atoms with Crippen molar-refractivity contribution in [1.29, 1.82) is 0 Å². The van der Waals surface area contributed by atoms with E-state index in [1.54, 1.807) is 25.1 Å². The second kappa shape index (κ2) is 4.54. The van der Waals surface area contributed by atoms with Crippen LogP contribution in [0.5, 0.6) is 0 Å². The zero-order chi connectivity index (χ0) is 10.6. The number of benzene rings is 1. The van der Waals surface area contributed by atoms with Crippen molar-refractivity contribution in [3.63, 3.8) is 0 Å². The van der Waals surface area contributed by atoms with Gasteiger partial charge in [-0.25, -0.2) is 4.79 Å². The molecule has 0 aliphatic rings. The van der Waals surface area contributed by atoms with Gasteiger partial charge in [0.15, 0.2) is 0 Å². The molecule has 0 atom stereocenters. The Bertz CT molecular complexity index is 418. The first kappa shape index (κ1) is 10.4. The predicted octanol–water partition coefficient (Wildman–Crippen LogP) is 2.80. The molecule has 0 radical (unpaired) electrons. The van der Waals surface area contributed by atoms with Crippen molar-refractivity contribution in [2.24, 2.45) is 0 Å². The first-order valence-electron chi connectivity index (χ1n) is 3.86. The Morgan fingerprint density at radius 2 is 2.29 bits per heavy atom. The van der Waals surface area contributed by atoms with Crippen LogP contribution in [0.2, 0.25) is 5.02 Å². The van der Waals surface area contributed by atoms with E-state index in [-0.39, 0.29) is 0 Å². The molecular formula is C10H8ClNO2. The normalized spacial score (nSPS) is 8.71. The van der Waals surface area contributed by atoms with Gasteiger partial charge < -0.3 is 5.11 Å². The van der Waals surface area contributed by atoms with Gasteiger partial charge in [-0.15, -0.1) is 5.92 Å². The lowest BCUT2D eigenvalue weighted by molar-refractivity contribution is 0.209. The maximum atomic E-state index is 10.4. The van der Waals surface area contributed by atoms with E-state index in [0.717, 1.165) is 0 Å². The maximum absolute atomic E-state index is 10.4. The van der Waals surface area contributed by atoms with Gasteiger partial charge in [-0.3, -0.25) is 5.32 Å². The summed E-state index contributed by atoms with van der Waals surface area (Å²) in [5.74, 6) is 5.41. The van der Waals surface area contributed by atoms with Crippen LogP contribution in [-0.2, 0) is 0 Å². The van der Waals surface area contributed by atoms with Gasteiger partial charge in [-0.05, 0) is 19.1 Å². The van der Waals surface area contributed by atoms with Crippen LogP contribution in [-0.4, -0.2) is 11.2 Å². The highest BCUT2D eigenvalue weighted by Gasteiger charge is 2.06. The fourth-order valence-electron chi connectivity index (χ4n) is 0.996. The monoisotopic (exact) mass is 209 g/mol. The summed E-state index contributed by atoms with van der Waals surface area (Å²) in [6, 6.07) is 4.93. The minimum absolute atomic E-state index is 0.402. The van der Waals surface area contributed by atoms with Crippen LogP contribution in [0.3, 0.4) is 0 Å². The van der Waals surface area contributed by atoms with Crippen LogP contribution in [0.15, 0.2) is 18.2 Å². The molecule has 0 saturated carbocycles. The van der Waals surface area contributed by atoms with Crippen LogP contribution < -0.4 is 5.32 Å². The lowest BCUT2D eigenvalue weighted by Crippen LogP contribution is -2.08. The molecule has 4 heteroatoms. The Kier molecular flexibility index (Phi) is 3.38. The highest BCUT2D eigenvalue weighted by molar-refractivity contribution is 6.32. The van der Waals surface area contributed by atoms with Crippen molar-refractivity contribution in [3.8, 4) is 11.8 Å². The largest absolute Gasteiger partial charge is 0.465 e. The van der Waals surface area contributed by atoms with Crippen LogP contribution >= 0.6 is 11.6 Å². The third-order valence-electron chi connectivity index (χ3n) is 1.51. The van der Waals surface area contributed by atoms with Crippen LogP contribution in [0.1, 0.15) is 12.5 Å². The standard InChI is InChI=1S/C10H8ClNO2/c1-2-4-7-8(11)5-3-6-9(7)12-10(13)14/h3,5-6,12H,1H3,(H,13,14). The molecule has 0 fully saturated rings. The molecule has 0 spiro atoms. The summed E-state index contributed by atoms with van der Waals surface area (Å²) >= 11 is 5.86. The number of rotatable bonds is 1. The van der Waals surface area contributed by atoms with Crippen LogP contribution in [0, 0.1) is 11.8 Å². The predicted molar refractivity (Wildman–Crippen MR) is 55.7 cm³/mol. The van der Waals surface area contributed by atoms with E-state index in [0.29, 0.717) is 16.3 Å². The second-order valence-electron chi connectivity index (χ2n) is 2.47. The molecule has 0 bridgehead atoms. The molecule has 14 heavy (non-hydrogen) atoms. The topological polar surface area (TPSA) is 49.3 Å². The number of carboxylic acid groups (broad SMARTS) is 1. The van der Waals surface area contributed by atoms with Gasteiger partial charge in [0, 0.05) is 0 Å². The van der Waals surface area contributed by atoms with E-state index in [2.05, 4.69) is 17.2 Å².